The van der Waals surface area contributed by atoms with Gasteiger partial charge in [-0.05, 0) is 136 Å². The van der Waals surface area contributed by atoms with Crippen molar-refractivity contribution >= 4 is 49.6 Å². The van der Waals surface area contributed by atoms with E-state index < -0.39 is 0 Å². The van der Waals surface area contributed by atoms with Crippen LogP contribution in [0.2, 0.25) is 0 Å². The van der Waals surface area contributed by atoms with Crippen LogP contribution in [0.1, 0.15) is 112 Å². The highest BCUT2D eigenvalue weighted by Gasteiger charge is 2.36. The molecule has 0 unspecified atom stereocenters. The summed E-state index contributed by atoms with van der Waals surface area (Å²) < 4.78 is 2.54. The van der Waals surface area contributed by atoms with E-state index in [9.17, 15) is 0 Å². The van der Waals surface area contributed by atoms with Crippen LogP contribution in [-0.4, -0.2) is 4.57 Å². The number of nitrogens with zero attached hydrogens (tertiary/aromatic N) is 2. The lowest BCUT2D eigenvalue weighted by Gasteiger charge is -2.30. The lowest BCUT2D eigenvalue weighted by molar-refractivity contribution is 0.444. The molecular formula is C61H56N2. The van der Waals surface area contributed by atoms with Crippen molar-refractivity contribution < 1.29 is 0 Å². The standard InChI is InChI=1S/C61H56N2/c1-61(2)55-30-14-12-26-49(55)50-36-33-46(39-56(50)61)62(57-31-15-13-27-51(57)54-29-17-23-43-22-16-28-48(60(43)54)42-20-8-4-9-21-42)47-34-37-53-52-35-32-44(41-18-6-3-7-19-41)38-58(52)63(59(53)40-47)45-24-10-5-11-25-45/h5,10-17,22-42H,3-4,6-9,18-21H2,1-2H3. The largest absolute Gasteiger partial charge is 0.310 e. The van der Waals surface area contributed by atoms with Crippen molar-refractivity contribution in [3.63, 3.8) is 0 Å². The molecule has 2 nitrogen and oxygen atoms in total. The number of rotatable bonds is 7. The topological polar surface area (TPSA) is 8.17 Å². The first-order chi connectivity index (χ1) is 31.0. The summed E-state index contributed by atoms with van der Waals surface area (Å²) in [4.78, 5) is 2.57. The molecule has 0 aliphatic heterocycles. The Hall–Kier alpha value is -6.38. The second-order valence-corrected chi connectivity index (χ2v) is 19.3. The van der Waals surface area contributed by atoms with Crippen molar-refractivity contribution in [3.05, 3.63) is 192 Å². The van der Waals surface area contributed by atoms with Crippen LogP contribution in [-0.2, 0) is 5.41 Å². The fourth-order valence-electron chi connectivity index (χ4n) is 12.2. The highest BCUT2D eigenvalue weighted by atomic mass is 15.1. The summed E-state index contributed by atoms with van der Waals surface area (Å²) in [5.74, 6) is 1.23. The van der Waals surface area contributed by atoms with Crippen molar-refractivity contribution in [2.24, 2.45) is 0 Å². The van der Waals surface area contributed by atoms with E-state index in [2.05, 4.69) is 193 Å². The molecule has 0 N–H and O–H groups in total. The minimum atomic E-state index is -0.128. The van der Waals surface area contributed by atoms with Crippen LogP contribution in [0, 0.1) is 0 Å². The zero-order chi connectivity index (χ0) is 42.1. The SMILES string of the molecule is CC1(C)c2ccccc2-c2ccc(N(c3ccc4c5ccc(C6CCCCC6)cc5n(-c5ccccc5)c4c3)c3ccccc3-c3cccc4cccc(C5CCCCC5)c34)cc21. The Labute approximate surface area is 372 Å². The minimum absolute atomic E-state index is 0.128. The summed E-state index contributed by atoms with van der Waals surface area (Å²) in [5, 5.41) is 5.35. The summed E-state index contributed by atoms with van der Waals surface area (Å²) in [6, 6.07) is 65.1. The molecule has 1 heterocycles. The van der Waals surface area contributed by atoms with E-state index in [1.807, 2.05) is 0 Å². The zero-order valence-corrected chi connectivity index (χ0v) is 36.8. The van der Waals surface area contributed by atoms with E-state index >= 15 is 0 Å². The first-order valence-electron chi connectivity index (χ1n) is 23.8. The third-order valence-corrected chi connectivity index (χ3v) is 15.4. The van der Waals surface area contributed by atoms with E-state index in [4.69, 9.17) is 0 Å². The minimum Gasteiger partial charge on any atom is -0.310 e. The number of hydrogen-bond acceptors (Lipinski definition) is 1. The summed E-state index contributed by atoms with van der Waals surface area (Å²) >= 11 is 0. The summed E-state index contributed by atoms with van der Waals surface area (Å²) in [6.07, 6.45) is 13.1. The highest BCUT2D eigenvalue weighted by molar-refractivity contribution is 6.11. The third-order valence-electron chi connectivity index (χ3n) is 15.4. The van der Waals surface area contributed by atoms with Gasteiger partial charge in [0.1, 0.15) is 0 Å². The molecule has 0 amide bonds. The normalized spacial score (nSPS) is 16.4. The second-order valence-electron chi connectivity index (χ2n) is 19.3. The lowest BCUT2D eigenvalue weighted by atomic mass is 9.80. The van der Waals surface area contributed by atoms with Gasteiger partial charge in [0.25, 0.3) is 0 Å². The van der Waals surface area contributed by atoms with Gasteiger partial charge in [0.05, 0.1) is 16.7 Å². The molecule has 0 saturated heterocycles. The molecular weight excluding hydrogens is 761 g/mol. The van der Waals surface area contributed by atoms with E-state index in [1.165, 1.54) is 158 Å². The van der Waals surface area contributed by atoms with Crippen LogP contribution in [0.3, 0.4) is 0 Å². The zero-order valence-electron chi connectivity index (χ0n) is 36.8. The van der Waals surface area contributed by atoms with Gasteiger partial charge in [0.15, 0.2) is 0 Å². The molecule has 2 heteroatoms. The van der Waals surface area contributed by atoms with Crippen molar-refractivity contribution in [1.29, 1.82) is 0 Å². The highest BCUT2D eigenvalue weighted by Crippen LogP contribution is 2.52. The first-order valence-corrected chi connectivity index (χ1v) is 23.8. The van der Waals surface area contributed by atoms with Crippen LogP contribution in [0.25, 0.3) is 60.5 Å². The molecule has 0 spiro atoms. The van der Waals surface area contributed by atoms with Crippen molar-refractivity contribution in [2.75, 3.05) is 4.90 Å². The summed E-state index contributed by atoms with van der Waals surface area (Å²) in [5.41, 5.74) is 18.2. The average Bonchev–Trinajstić information content (AvgIpc) is 3.79. The van der Waals surface area contributed by atoms with Crippen molar-refractivity contribution in [3.8, 4) is 27.9 Å². The van der Waals surface area contributed by atoms with Gasteiger partial charge in [0, 0.05) is 38.8 Å². The van der Waals surface area contributed by atoms with Crippen LogP contribution >= 0.6 is 0 Å². The number of anilines is 3. The van der Waals surface area contributed by atoms with Crippen molar-refractivity contribution in [2.45, 2.75) is 95.3 Å². The van der Waals surface area contributed by atoms with Gasteiger partial charge in [-0.3, -0.25) is 0 Å². The van der Waals surface area contributed by atoms with E-state index in [-0.39, 0.29) is 5.41 Å². The Morgan fingerprint density at radius 1 is 0.460 bits per heavy atom. The maximum Gasteiger partial charge on any atom is 0.0561 e. The molecule has 8 aromatic carbocycles. The molecule has 63 heavy (non-hydrogen) atoms. The Balaban J connectivity index is 1.11. The lowest BCUT2D eigenvalue weighted by Crippen LogP contribution is -2.17. The smallest absolute Gasteiger partial charge is 0.0561 e. The predicted molar refractivity (Wildman–Crippen MR) is 268 cm³/mol. The third kappa shape index (κ3) is 6.36. The molecule has 3 aliphatic carbocycles. The molecule has 2 fully saturated rings. The number of hydrogen-bond donors (Lipinski definition) is 0. The maximum atomic E-state index is 2.57. The molecule has 2 saturated carbocycles. The quantitative estimate of drug-likeness (QED) is 0.156. The second kappa shape index (κ2) is 15.5. The molecule has 1 aromatic heterocycles. The molecule has 0 radical (unpaired) electrons. The number of benzene rings is 8. The first kappa shape index (κ1) is 38.3. The molecule has 12 rings (SSSR count). The summed E-state index contributed by atoms with van der Waals surface area (Å²) in [7, 11) is 0. The summed E-state index contributed by atoms with van der Waals surface area (Å²) in [6.45, 7) is 4.79. The fourth-order valence-corrected chi connectivity index (χ4v) is 12.2. The van der Waals surface area contributed by atoms with Gasteiger partial charge in [-0.1, -0.05) is 174 Å². The Morgan fingerprint density at radius 2 is 1.06 bits per heavy atom. The fraction of sp³-hybridized carbons (Fsp3) is 0.246. The number of aromatic nitrogens is 1. The van der Waals surface area contributed by atoms with Gasteiger partial charge >= 0.3 is 0 Å². The Morgan fingerprint density at radius 3 is 1.86 bits per heavy atom. The van der Waals surface area contributed by atoms with Gasteiger partial charge in [-0.2, -0.15) is 0 Å². The van der Waals surface area contributed by atoms with E-state index in [0.717, 1.165) is 5.69 Å². The van der Waals surface area contributed by atoms with Gasteiger partial charge in [-0.15, -0.1) is 0 Å². The molecule has 0 atom stereocenters. The van der Waals surface area contributed by atoms with Gasteiger partial charge in [0.2, 0.25) is 0 Å². The Kier molecular flexibility index (Phi) is 9.40. The van der Waals surface area contributed by atoms with Crippen molar-refractivity contribution in [1.82, 2.24) is 4.57 Å². The van der Waals surface area contributed by atoms with Crippen LogP contribution < -0.4 is 4.90 Å². The number of para-hydroxylation sites is 2. The van der Waals surface area contributed by atoms with Crippen LogP contribution in [0.4, 0.5) is 17.1 Å². The van der Waals surface area contributed by atoms with E-state index in [0.29, 0.717) is 11.8 Å². The number of fused-ring (bicyclic) bond motifs is 7. The van der Waals surface area contributed by atoms with Gasteiger partial charge < -0.3 is 9.47 Å². The average molecular weight is 817 g/mol. The molecule has 0 bridgehead atoms. The monoisotopic (exact) mass is 816 g/mol. The molecule has 310 valence electrons. The van der Waals surface area contributed by atoms with E-state index in [1.54, 1.807) is 0 Å². The Bertz CT molecular complexity index is 3170. The van der Waals surface area contributed by atoms with Crippen LogP contribution in [0.5, 0.6) is 0 Å². The molecule has 9 aromatic rings. The maximum absolute atomic E-state index is 2.57. The van der Waals surface area contributed by atoms with Gasteiger partial charge in [-0.25, -0.2) is 0 Å². The predicted octanol–water partition coefficient (Wildman–Crippen LogP) is 17.5. The van der Waals surface area contributed by atoms with Crippen LogP contribution in [0.15, 0.2) is 170 Å². The molecule has 3 aliphatic rings.